The standard InChI is InChI=1S/C14H26N2O2/c1-16-6-4-12(5-7-16)10-15-14(17)9-13-3-2-8-18-11-13/h12-13H,2-11H2,1H3,(H,15,17)/t13-/m0/s1. The van der Waals surface area contributed by atoms with Crippen molar-refractivity contribution in [3.05, 3.63) is 0 Å². The summed E-state index contributed by atoms with van der Waals surface area (Å²) < 4.78 is 5.40. The van der Waals surface area contributed by atoms with Gasteiger partial charge in [-0.2, -0.15) is 0 Å². The van der Waals surface area contributed by atoms with Gasteiger partial charge in [-0.3, -0.25) is 4.79 Å². The molecular weight excluding hydrogens is 228 g/mol. The normalized spacial score (nSPS) is 27.1. The predicted molar refractivity (Wildman–Crippen MR) is 71.4 cm³/mol. The quantitative estimate of drug-likeness (QED) is 0.821. The van der Waals surface area contributed by atoms with Gasteiger partial charge in [0.15, 0.2) is 0 Å². The van der Waals surface area contributed by atoms with Gasteiger partial charge in [0.2, 0.25) is 5.91 Å². The number of carbonyl (C=O) groups excluding carboxylic acids is 1. The highest BCUT2D eigenvalue weighted by Crippen LogP contribution is 2.18. The number of piperidine rings is 1. The van der Waals surface area contributed by atoms with Gasteiger partial charge in [-0.15, -0.1) is 0 Å². The van der Waals surface area contributed by atoms with E-state index in [0.29, 0.717) is 18.3 Å². The summed E-state index contributed by atoms with van der Waals surface area (Å²) in [7, 11) is 2.16. The molecule has 104 valence electrons. The Morgan fingerprint density at radius 3 is 2.72 bits per heavy atom. The number of carbonyl (C=O) groups is 1. The van der Waals surface area contributed by atoms with Crippen molar-refractivity contribution in [3.63, 3.8) is 0 Å². The summed E-state index contributed by atoms with van der Waals surface area (Å²) in [6.07, 6.45) is 5.31. The van der Waals surface area contributed by atoms with Gasteiger partial charge < -0.3 is 15.0 Å². The van der Waals surface area contributed by atoms with E-state index in [2.05, 4.69) is 17.3 Å². The molecule has 1 amide bonds. The third-order valence-corrected chi connectivity index (χ3v) is 4.15. The zero-order valence-electron chi connectivity index (χ0n) is 11.5. The molecular formula is C14H26N2O2. The van der Waals surface area contributed by atoms with Gasteiger partial charge in [-0.1, -0.05) is 0 Å². The molecule has 1 atom stereocenters. The van der Waals surface area contributed by atoms with Crippen LogP contribution in [0.25, 0.3) is 0 Å². The first-order chi connectivity index (χ1) is 8.74. The zero-order chi connectivity index (χ0) is 12.8. The average molecular weight is 254 g/mol. The second-order valence-electron chi connectivity index (χ2n) is 5.84. The second-order valence-corrected chi connectivity index (χ2v) is 5.84. The van der Waals surface area contributed by atoms with Gasteiger partial charge in [0.25, 0.3) is 0 Å². The van der Waals surface area contributed by atoms with Crippen molar-refractivity contribution in [2.24, 2.45) is 11.8 Å². The van der Waals surface area contributed by atoms with Crippen molar-refractivity contribution in [1.82, 2.24) is 10.2 Å². The van der Waals surface area contributed by atoms with Gasteiger partial charge in [0.05, 0.1) is 0 Å². The Balaban J connectivity index is 1.59. The molecule has 0 aliphatic carbocycles. The molecule has 0 spiro atoms. The summed E-state index contributed by atoms with van der Waals surface area (Å²) in [4.78, 5) is 14.2. The molecule has 2 rings (SSSR count). The molecule has 0 aromatic heterocycles. The van der Waals surface area contributed by atoms with Crippen LogP contribution in [0.5, 0.6) is 0 Å². The Kier molecular flexibility index (Phi) is 5.45. The van der Waals surface area contributed by atoms with Crippen LogP contribution < -0.4 is 5.32 Å². The van der Waals surface area contributed by atoms with Crippen LogP contribution in [-0.4, -0.2) is 50.7 Å². The van der Waals surface area contributed by atoms with Crippen molar-refractivity contribution in [3.8, 4) is 0 Å². The number of nitrogens with zero attached hydrogens (tertiary/aromatic N) is 1. The molecule has 2 aliphatic rings. The van der Waals surface area contributed by atoms with E-state index in [1.54, 1.807) is 0 Å². The fourth-order valence-electron chi connectivity index (χ4n) is 2.83. The summed E-state index contributed by atoms with van der Waals surface area (Å²) in [6.45, 7) is 4.82. The SMILES string of the molecule is CN1CCC(CNC(=O)C[C@@H]2CCCOC2)CC1. The minimum Gasteiger partial charge on any atom is -0.381 e. The van der Waals surface area contributed by atoms with Crippen molar-refractivity contribution in [2.75, 3.05) is 39.9 Å². The molecule has 0 aromatic rings. The van der Waals surface area contributed by atoms with Gasteiger partial charge in [-0.25, -0.2) is 0 Å². The molecule has 0 radical (unpaired) electrons. The topological polar surface area (TPSA) is 41.6 Å². The van der Waals surface area contributed by atoms with Crippen molar-refractivity contribution in [1.29, 1.82) is 0 Å². The molecule has 2 heterocycles. The maximum Gasteiger partial charge on any atom is 0.220 e. The lowest BCUT2D eigenvalue weighted by atomic mass is 9.96. The number of likely N-dealkylation sites (tertiary alicyclic amines) is 1. The maximum absolute atomic E-state index is 11.8. The van der Waals surface area contributed by atoms with Crippen molar-refractivity contribution >= 4 is 5.91 Å². The van der Waals surface area contributed by atoms with Crippen LogP contribution in [-0.2, 0) is 9.53 Å². The number of hydrogen-bond acceptors (Lipinski definition) is 3. The largest absolute Gasteiger partial charge is 0.381 e. The fourth-order valence-corrected chi connectivity index (χ4v) is 2.83. The number of nitrogens with one attached hydrogen (secondary N) is 1. The number of ether oxygens (including phenoxy) is 1. The van der Waals surface area contributed by atoms with Crippen LogP contribution in [0.3, 0.4) is 0 Å². The number of amides is 1. The monoisotopic (exact) mass is 254 g/mol. The van der Waals surface area contributed by atoms with E-state index in [-0.39, 0.29) is 5.91 Å². The lowest BCUT2D eigenvalue weighted by Crippen LogP contribution is -2.37. The lowest BCUT2D eigenvalue weighted by molar-refractivity contribution is -0.123. The van der Waals surface area contributed by atoms with Crippen LogP contribution in [0.2, 0.25) is 0 Å². The maximum atomic E-state index is 11.8. The summed E-state index contributed by atoms with van der Waals surface area (Å²) in [5.41, 5.74) is 0. The van der Waals surface area contributed by atoms with Crippen LogP contribution in [0.4, 0.5) is 0 Å². The lowest BCUT2D eigenvalue weighted by Gasteiger charge is -2.29. The highest BCUT2D eigenvalue weighted by molar-refractivity contribution is 5.76. The summed E-state index contributed by atoms with van der Waals surface area (Å²) in [6, 6.07) is 0. The first-order valence-electron chi connectivity index (χ1n) is 7.27. The minimum atomic E-state index is 0.212. The molecule has 0 bridgehead atoms. The molecule has 0 aromatic carbocycles. The van der Waals surface area contributed by atoms with E-state index >= 15 is 0 Å². The molecule has 0 saturated carbocycles. The second kappa shape index (κ2) is 7.10. The van der Waals surface area contributed by atoms with Crippen LogP contribution in [0.15, 0.2) is 0 Å². The Labute approximate surface area is 110 Å². The summed E-state index contributed by atoms with van der Waals surface area (Å²) >= 11 is 0. The Morgan fingerprint density at radius 1 is 1.28 bits per heavy atom. The van der Waals surface area contributed by atoms with Gasteiger partial charge in [0.1, 0.15) is 0 Å². The van der Waals surface area contributed by atoms with Crippen LogP contribution in [0.1, 0.15) is 32.1 Å². The Hall–Kier alpha value is -0.610. The highest BCUT2D eigenvalue weighted by atomic mass is 16.5. The highest BCUT2D eigenvalue weighted by Gasteiger charge is 2.20. The van der Waals surface area contributed by atoms with Gasteiger partial charge in [-0.05, 0) is 57.7 Å². The van der Waals surface area contributed by atoms with Crippen LogP contribution in [0, 0.1) is 11.8 Å². The van der Waals surface area contributed by atoms with E-state index in [1.165, 1.54) is 12.8 Å². The Bertz CT molecular complexity index is 257. The van der Waals surface area contributed by atoms with E-state index in [1.807, 2.05) is 0 Å². The van der Waals surface area contributed by atoms with Crippen molar-refractivity contribution < 1.29 is 9.53 Å². The first-order valence-corrected chi connectivity index (χ1v) is 7.27. The summed E-state index contributed by atoms with van der Waals surface area (Å²) in [5.74, 6) is 1.33. The predicted octanol–water partition coefficient (Wildman–Crippen LogP) is 1.26. The van der Waals surface area contributed by atoms with E-state index in [0.717, 1.165) is 45.7 Å². The van der Waals surface area contributed by atoms with Crippen molar-refractivity contribution in [2.45, 2.75) is 32.1 Å². The van der Waals surface area contributed by atoms with Crippen LogP contribution >= 0.6 is 0 Å². The summed E-state index contributed by atoms with van der Waals surface area (Å²) in [5, 5.41) is 3.10. The van der Waals surface area contributed by atoms with Gasteiger partial charge >= 0.3 is 0 Å². The first kappa shape index (κ1) is 13.8. The molecule has 18 heavy (non-hydrogen) atoms. The molecule has 2 fully saturated rings. The molecule has 4 nitrogen and oxygen atoms in total. The molecule has 2 saturated heterocycles. The average Bonchev–Trinajstić information content (AvgIpc) is 2.39. The third-order valence-electron chi connectivity index (χ3n) is 4.15. The van der Waals surface area contributed by atoms with E-state index in [4.69, 9.17) is 4.74 Å². The van der Waals surface area contributed by atoms with E-state index in [9.17, 15) is 4.79 Å². The third kappa shape index (κ3) is 4.58. The molecule has 0 unspecified atom stereocenters. The zero-order valence-corrected chi connectivity index (χ0v) is 11.5. The molecule has 1 N–H and O–H groups in total. The number of rotatable bonds is 4. The minimum absolute atomic E-state index is 0.212. The molecule has 2 aliphatic heterocycles. The van der Waals surface area contributed by atoms with Gasteiger partial charge in [0, 0.05) is 26.2 Å². The molecule has 4 heteroatoms. The number of hydrogen-bond donors (Lipinski definition) is 1. The van der Waals surface area contributed by atoms with E-state index < -0.39 is 0 Å². The Morgan fingerprint density at radius 2 is 2.06 bits per heavy atom. The fraction of sp³-hybridized carbons (Fsp3) is 0.929. The smallest absolute Gasteiger partial charge is 0.220 e.